The topological polar surface area (TPSA) is 39.1 Å². The Labute approximate surface area is 120 Å². The lowest BCUT2D eigenvalue weighted by Gasteiger charge is -2.17. The van der Waals surface area contributed by atoms with Gasteiger partial charge in [-0.1, -0.05) is 25.1 Å². The lowest BCUT2D eigenvalue weighted by atomic mass is 10.1. The number of ether oxygens (including phenoxy) is 1. The molecule has 2 aromatic rings. The molecule has 20 heavy (non-hydrogen) atoms. The highest BCUT2D eigenvalue weighted by molar-refractivity contribution is 5.35. The number of hydrogen-bond donors (Lipinski definition) is 1. The second kappa shape index (κ2) is 6.57. The Morgan fingerprint density at radius 3 is 2.75 bits per heavy atom. The summed E-state index contributed by atoms with van der Waals surface area (Å²) in [6.45, 7) is 5.06. The van der Waals surface area contributed by atoms with Crippen molar-refractivity contribution in [3.05, 3.63) is 47.3 Å². The predicted octanol–water partition coefficient (Wildman–Crippen LogP) is 2.84. The van der Waals surface area contributed by atoms with Gasteiger partial charge >= 0.3 is 0 Å². The van der Waals surface area contributed by atoms with E-state index in [0.29, 0.717) is 0 Å². The number of rotatable bonds is 6. The van der Waals surface area contributed by atoms with Crippen LogP contribution in [0, 0.1) is 0 Å². The van der Waals surface area contributed by atoms with Gasteiger partial charge in [0.05, 0.1) is 18.5 Å². The Balaban J connectivity index is 2.04. The third-order valence-electron chi connectivity index (χ3n) is 3.58. The molecule has 2 rings (SSSR count). The van der Waals surface area contributed by atoms with E-state index in [9.17, 15) is 0 Å². The zero-order chi connectivity index (χ0) is 14.5. The van der Waals surface area contributed by atoms with Crippen LogP contribution in [0.4, 0.5) is 0 Å². The Hall–Kier alpha value is -1.81. The van der Waals surface area contributed by atoms with Crippen LogP contribution in [0.25, 0.3) is 0 Å². The minimum Gasteiger partial charge on any atom is -0.496 e. The fourth-order valence-corrected chi connectivity index (χ4v) is 2.30. The summed E-state index contributed by atoms with van der Waals surface area (Å²) < 4.78 is 7.35. The van der Waals surface area contributed by atoms with E-state index in [0.717, 1.165) is 24.4 Å². The normalized spacial score (nSPS) is 12.4. The molecule has 4 heteroatoms. The average molecular weight is 273 g/mol. The molecule has 1 atom stereocenters. The first kappa shape index (κ1) is 14.6. The number of hydrogen-bond acceptors (Lipinski definition) is 3. The molecular weight excluding hydrogens is 250 g/mol. The van der Waals surface area contributed by atoms with Gasteiger partial charge in [0.25, 0.3) is 0 Å². The molecule has 0 amide bonds. The summed E-state index contributed by atoms with van der Waals surface area (Å²) >= 11 is 0. The van der Waals surface area contributed by atoms with Crippen LogP contribution >= 0.6 is 0 Å². The molecule has 4 nitrogen and oxygen atoms in total. The number of methoxy groups -OCH3 is 1. The SMILES string of the molecule is CCc1cc(CN[C@H](C)c2ccccc2OC)n(C)n1. The zero-order valence-corrected chi connectivity index (χ0v) is 12.7. The molecule has 1 aromatic heterocycles. The first-order chi connectivity index (χ1) is 9.65. The summed E-state index contributed by atoms with van der Waals surface area (Å²) in [5.74, 6) is 0.923. The number of para-hydroxylation sites is 1. The molecule has 0 fully saturated rings. The maximum Gasteiger partial charge on any atom is 0.123 e. The van der Waals surface area contributed by atoms with Gasteiger partial charge in [0, 0.05) is 25.2 Å². The third kappa shape index (κ3) is 3.20. The summed E-state index contributed by atoms with van der Waals surface area (Å²) in [6.07, 6.45) is 0.968. The van der Waals surface area contributed by atoms with E-state index in [-0.39, 0.29) is 6.04 Å². The van der Waals surface area contributed by atoms with E-state index < -0.39 is 0 Å². The Kier molecular flexibility index (Phi) is 4.79. The van der Waals surface area contributed by atoms with E-state index in [1.807, 2.05) is 29.9 Å². The molecule has 0 aliphatic heterocycles. The van der Waals surface area contributed by atoms with Gasteiger partial charge in [0.1, 0.15) is 5.75 Å². The first-order valence-corrected chi connectivity index (χ1v) is 7.03. The summed E-state index contributed by atoms with van der Waals surface area (Å²) in [5.41, 5.74) is 3.51. The molecule has 0 unspecified atom stereocenters. The number of aromatic nitrogens is 2. The van der Waals surface area contributed by atoms with Crippen LogP contribution in [0.2, 0.25) is 0 Å². The van der Waals surface area contributed by atoms with Crippen molar-refractivity contribution < 1.29 is 4.74 Å². The largest absolute Gasteiger partial charge is 0.496 e. The second-order valence-corrected chi connectivity index (χ2v) is 4.95. The second-order valence-electron chi connectivity index (χ2n) is 4.95. The van der Waals surface area contributed by atoms with E-state index >= 15 is 0 Å². The number of aryl methyl sites for hydroxylation is 2. The maximum atomic E-state index is 5.41. The fourth-order valence-electron chi connectivity index (χ4n) is 2.30. The molecular formula is C16H23N3O. The molecule has 0 saturated heterocycles. The van der Waals surface area contributed by atoms with Crippen LogP contribution in [0.15, 0.2) is 30.3 Å². The van der Waals surface area contributed by atoms with E-state index in [1.54, 1.807) is 7.11 Å². The Morgan fingerprint density at radius 1 is 1.35 bits per heavy atom. The van der Waals surface area contributed by atoms with Crippen LogP contribution < -0.4 is 10.1 Å². The van der Waals surface area contributed by atoms with Crippen molar-refractivity contribution in [2.24, 2.45) is 7.05 Å². The van der Waals surface area contributed by atoms with E-state index in [2.05, 4.69) is 36.4 Å². The van der Waals surface area contributed by atoms with Gasteiger partial charge < -0.3 is 10.1 Å². The smallest absolute Gasteiger partial charge is 0.123 e. The lowest BCUT2D eigenvalue weighted by Crippen LogP contribution is -2.20. The molecule has 0 aliphatic carbocycles. The zero-order valence-electron chi connectivity index (χ0n) is 12.7. The molecule has 0 aliphatic rings. The van der Waals surface area contributed by atoms with E-state index in [4.69, 9.17) is 4.74 Å². The average Bonchev–Trinajstić information content (AvgIpc) is 2.85. The Morgan fingerprint density at radius 2 is 2.10 bits per heavy atom. The van der Waals surface area contributed by atoms with Crippen molar-refractivity contribution >= 4 is 0 Å². The number of nitrogens with zero attached hydrogens (tertiary/aromatic N) is 2. The molecule has 1 heterocycles. The van der Waals surface area contributed by atoms with Crippen LogP contribution in [0.1, 0.15) is 36.8 Å². The summed E-state index contributed by atoms with van der Waals surface area (Å²) in [7, 11) is 3.70. The van der Waals surface area contributed by atoms with Crippen molar-refractivity contribution in [2.45, 2.75) is 32.9 Å². The van der Waals surface area contributed by atoms with Crippen LogP contribution in [-0.4, -0.2) is 16.9 Å². The highest BCUT2D eigenvalue weighted by Gasteiger charge is 2.11. The Bertz CT molecular complexity index is 563. The lowest BCUT2D eigenvalue weighted by molar-refractivity contribution is 0.401. The molecule has 1 aromatic carbocycles. The quantitative estimate of drug-likeness (QED) is 0.879. The van der Waals surface area contributed by atoms with E-state index in [1.165, 1.54) is 11.3 Å². The first-order valence-electron chi connectivity index (χ1n) is 7.03. The van der Waals surface area contributed by atoms with Gasteiger partial charge in [-0.2, -0.15) is 5.10 Å². The molecule has 0 spiro atoms. The highest BCUT2D eigenvalue weighted by Crippen LogP contribution is 2.24. The van der Waals surface area contributed by atoms with Crippen molar-refractivity contribution in [1.82, 2.24) is 15.1 Å². The van der Waals surface area contributed by atoms with Crippen molar-refractivity contribution in [1.29, 1.82) is 0 Å². The van der Waals surface area contributed by atoms with Crippen molar-refractivity contribution in [3.8, 4) is 5.75 Å². The predicted molar refractivity (Wildman–Crippen MR) is 80.8 cm³/mol. The van der Waals surface area contributed by atoms with Crippen LogP contribution in [0.5, 0.6) is 5.75 Å². The minimum atomic E-state index is 0.228. The van der Waals surface area contributed by atoms with Crippen LogP contribution in [-0.2, 0) is 20.0 Å². The van der Waals surface area contributed by atoms with Gasteiger partial charge in [0.2, 0.25) is 0 Å². The number of nitrogens with one attached hydrogen (secondary N) is 1. The van der Waals surface area contributed by atoms with Gasteiger partial charge in [-0.3, -0.25) is 4.68 Å². The molecule has 1 N–H and O–H groups in total. The van der Waals surface area contributed by atoms with Crippen molar-refractivity contribution in [2.75, 3.05) is 7.11 Å². The third-order valence-corrected chi connectivity index (χ3v) is 3.58. The van der Waals surface area contributed by atoms with Gasteiger partial charge in [-0.15, -0.1) is 0 Å². The molecule has 0 bridgehead atoms. The molecule has 0 saturated carbocycles. The maximum absolute atomic E-state index is 5.41. The molecule has 0 radical (unpaired) electrons. The van der Waals surface area contributed by atoms with Gasteiger partial charge in [0.15, 0.2) is 0 Å². The highest BCUT2D eigenvalue weighted by atomic mass is 16.5. The van der Waals surface area contributed by atoms with Gasteiger partial charge in [-0.25, -0.2) is 0 Å². The summed E-state index contributed by atoms with van der Waals surface area (Å²) in [6, 6.07) is 10.5. The summed E-state index contributed by atoms with van der Waals surface area (Å²) in [4.78, 5) is 0. The summed E-state index contributed by atoms with van der Waals surface area (Å²) in [5, 5.41) is 7.99. The molecule has 108 valence electrons. The monoisotopic (exact) mass is 273 g/mol. The minimum absolute atomic E-state index is 0.228. The fraction of sp³-hybridized carbons (Fsp3) is 0.438. The van der Waals surface area contributed by atoms with Crippen LogP contribution in [0.3, 0.4) is 0 Å². The van der Waals surface area contributed by atoms with Gasteiger partial charge in [-0.05, 0) is 25.5 Å². The standard InChI is InChI=1S/C16H23N3O/c1-5-13-10-14(19(3)18-13)11-17-12(2)15-8-6-7-9-16(15)20-4/h6-10,12,17H,5,11H2,1-4H3/t12-/m1/s1. The van der Waals surface area contributed by atoms with Crippen molar-refractivity contribution in [3.63, 3.8) is 0 Å². The number of benzene rings is 1.